The van der Waals surface area contributed by atoms with Gasteiger partial charge in [-0.1, -0.05) is 17.7 Å². The van der Waals surface area contributed by atoms with Gasteiger partial charge in [0.15, 0.2) is 0 Å². The predicted octanol–water partition coefficient (Wildman–Crippen LogP) is 2.56. The van der Waals surface area contributed by atoms with Crippen molar-refractivity contribution in [2.24, 2.45) is 0 Å². The van der Waals surface area contributed by atoms with Crippen molar-refractivity contribution >= 4 is 37.2 Å². The lowest BCUT2D eigenvalue weighted by molar-refractivity contribution is -0.392. The second-order valence-corrected chi connectivity index (χ2v) is 6.85. The standard InChI is InChI=1S/C10H6Cl2FN3O4S/c11-7-2-1-3-8(13)6(7)4-15-5-9(21(12,19)20)10(14-15)16(17)18/h1-3,5H,4H2. The summed E-state index contributed by atoms with van der Waals surface area (Å²) in [5.74, 6) is -1.58. The van der Waals surface area contributed by atoms with E-state index >= 15 is 0 Å². The summed E-state index contributed by atoms with van der Waals surface area (Å²) in [6.45, 7) is -0.279. The molecule has 0 unspecified atom stereocenters. The van der Waals surface area contributed by atoms with E-state index in [1.165, 1.54) is 12.1 Å². The lowest BCUT2D eigenvalue weighted by atomic mass is 10.2. The van der Waals surface area contributed by atoms with Crippen LogP contribution < -0.4 is 0 Å². The number of rotatable bonds is 4. The molecule has 0 aliphatic heterocycles. The Morgan fingerprint density at radius 2 is 2.10 bits per heavy atom. The molecule has 0 N–H and O–H groups in total. The molecule has 2 rings (SSSR count). The van der Waals surface area contributed by atoms with E-state index in [0.717, 1.165) is 16.9 Å². The SMILES string of the molecule is O=[N+]([O-])c1nn(Cc2c(F)cccc2Cl)cc1S(=O)(=O)Cl. The molecule has 0 radical (unpaired) electrons. The van der Waals surface area contributed by atoms with Gasteiger partial charge in [0.05, 0.1) is 17.8 Å². The summed E-state index contributed by atoms with van der Waals surface area (Å²) in [5, 5.41) is 14.3. The van der Waals surface area contributed by atoms with E-state index in [1.807, 2.05) is 0 Å². The predicted molar refractivity (Wildman–Crippen MR) is 72.4 cm³/mol. The smallest absolute Gasteiger partial charge is 0.358 e. The molecule has 2 aromatic rings. The van der Waals surface area contributed by atoms with E-state index in [4.69, 9.17) is 22.3 Å². The molecule has 0 amide bonds. The first-order valence-corrected chi connectivity index (χ1v) is 7.98. The zero-order valence-corrected chi connectivity index (χ0v) is 12.4. The minimum Gasteiger partial charge on any atom is -0.358 e. The molecule has 0 atom stereocenters. The first-order valence-electron chi connectivity index (χ1n) is 5.29. The highest BCUT2D eigenvalue weighted by Crippen LogP contribution is 2.26. The Kier molecular flexibility index (Phi) is 4.17. The van der Waals surface area contributed by atoms with Gasteiger partial charge in [-0.25, -0.2) is 12.8 Å². The fourth-order valence-corrected chi connectivity index (χ4v) is 2.75. The van der Waals surface area contributed by atoms with Crippen molar-refractivity contribution in [3.05, 3.63) is 50.9 Å². The minimum absolute atomic E-state index is 0.0232. The number of hydrogen-bond donors (Lipinski definition) is 0. The van der Waals surface area contributed by atoms with Crippen LogP contribution in [0.3, 0.4) is 0 Å². The Bertz CT molecular complexity index is 801. The van der Waals surface area contributed by atoms with Gasteiger partial charge >= 0.3 is 5.82 Å². The van der Waals surface area contributed by atoms with Gasteiger partial charge in [0.25, 0.3) is 9.05 Å². The van der Waals surface area contributed by atoms with Crippen molar-refractivity contribution in [2.45, 2.75) is 11.4 Å². The van der Waals surface area contributed by atoms with Gasteiger partial charge < -0.3 is 10.1 Å². The van der Waals surface area contributed by atoms with Crippen molar-refractivity contribution in [1.29, 1.82) is 0 Å². The highest BCUT2D eigenvalue weighted by molar-refractivity contribution is 8.13. The van der Waals surface area contributed by atoms with Gasteiger partial charge in [-0.3, -0.25) is 0 Å². The van der Waals surface area contributed by atoms with E-state index in [2.05, 4.69) is 5.10 Å². The van der Waals surface area contributed by atoms with Crippen LogP contribution in [0.4, 0.5) is 10.2 Å². The first-order chi connectivity index (χ1) is 9.70. The second-order valence-electron chi connectivity index (χ2n) is 3.91. The van der Waals surface area contributed by atoms with Gasteiger partial charge in [0.2, 0.25) is 4.90 Å². The summed E-state index contributed by atoms with van der Waals surface area (Å²) in [4.78, 5) is 9.02. The summed E-state index contributed by atoms with van der Waals surface area (Å²) >= 11 is 5.82. The Balaban J connectivity index is 2.50. The molecule has 0 bridgehead atoms. The van der Waals surface area contributed by atoms with Gasteiger partial charge in [-0.15, -0.1) is 0 Å². The highest BCUT2D eigenvalue weighted by atomic mass is 35.7. The number of hydrogen-bond acceptors (Lipinski definition) is 5. The van der Waals surface area contributed by atoms with Crippen LogP contribution in [0.25, 0.3) is 0 Å². The largest absolute Gasteiger partial charge is 0.410 e. The molecule has 0 aliphatic rings. The molecule has 0 saturated carbocycles. The van der Waals surface area contributed by atoms with Crippen LogP contribution in [0.5, 0.6) is 0 Å². The van der Waals surface area contributed by atoms with E-state index in [9.17, 15) is 22.9 Å². The molecular formula is C10H6Cl2FN3O4S. The molecule has 0 saturated heterocycles. The van der Waals surface area contributed by atoms with E-state index in [-0.39, 0.29) is 17.1 Å². The van der Waals surface area contributed by atoms with Gasteiger partial charge in [0.1, 0.15) is 5.82 Å². The molecule has 1 heterocycles. The Hall–Kier alpha value is -1.71. The van der Waals surface area contributed by atoms with Gasteiger partial charge in [0, 0.05) is 21.3 Å². The van der Waals surface area contributed by atoms with Crippen LogP contribution in [0, 0.1) is 15.9 Å². The number of nitro groups is 1. The Morgan fingerprint density at radius 1 is 1.43 bits per heavy atom. The Labute approximate surface area is 127 Å². The molecule has 21 heavy (non-hydrogen) atoms. The van der Waals surface area contributed by atoms with E-state index in [0.29, 0.717) is 0 Å². The third kappa shape index (κ3) is 3.31. The molecule has 7 nitrogen and oxygen atoms in total. The fourth-order valence-electron chi connectivity index (χ4n) is 1.62. The molecule has 0 spiro atoms. The highest BCUT2D eigenvalue weighted by Gasteiger charge is 2.30. The Morgan fingerprint density at radius 3 is 2.57 bits per heavy atom. The topological polar surface area (TPSA) is 95.1 Å². The monoisotopic (exact) mass is 353 g/mol. The summed E-state index contributed by atoms with van der Waals surface area (Å²) in [7, 11) is 0.751. The molecule has 0 aliphatic carbocycles. The number of benzene rings is 1. The van der Waals surface area contributed by atoms with Crippen LogP contribution in [0.1, 0.15) is 5.56 Å². The number of halogens is 3. The van der Waals surface area contributed by atoms with Crippen LogP contribution in [0.15, 0.2) is 29.3 Å². The maximum Gasteiger partial charge on any atom is 0.410 e. The van der Waals surface area contributed by atoms with Crippen LogP contribution in [0.2, 0.25) is 5.02 Å². The quantitative estimate of drug-likeness (QED) is 0.478. The van der Waals surface area contributed by atoms with Crippen LogP contribution >= 0.6 is 22.3 Å². The van der Waals surface area contributed by atoms with Gasteiger partial charge in [-0.05, 0) is 17.1 Å². The van der Waals surface area contributed by atoms with Crippen molar-refractivity contribution in [3.63, 3.8) is 0 Å². The summed E-state index contributed by atoms with van der Waals surface area (Å²) in [6, 6.07) is 3.97. The zero-order chi connectivity index (χ0) is 15.8. The average Bonchev–Trinajstić information content (AvgIpc) is 2.78. The van der Waals surface area contributed by atoms with Gasteiger partial charge in [-0.2, -0.15) is 4.68 Å². The average molecular weight is 354 g/mol. The summed E-state index contributed by atoms with van der Waals surface area (Å²) < 4.78 is 37.0. The molecule has 0 fully saturated rings. The molecular weight excluding hydrogens is 348 g/mol. The van der Waals surface area contributed by atoms with Crippen molar-refractivity contribution < 1.29 is 17.7 Å². The number of nitrogens with zero attached hydrogens (tertiary/aromatic N) is 3. The number of aromatic nitrogens is 2. The van der Waals surface area contributed by atoms with Crippen molar-refractivity contribution in [1.82, 2.24) is 9.78 Å². The zero-order valence-electron chi connectivity index (χ0n) is 10.0. The second kappa shape index (κ2) is 5.58. The third-order valence-electron chi connectivity index (χ3n) is 2.53. The maximum absolute atomic E-state index is 13.6. The lowest BCUT2D eigenvalue weighted by Crippen LogP contribution is -2.04. The molecule has 1 aromatic carbocycles. The van der Waals surface area contributed by atoms with Crippen LogP contribution in [-0.4, -0.2) is 23.1 Å². The van der Waals surface area contributed by atoms with Crippen molar-refractivity contribution in [3.8, 4) is 0 Å². The maximum atomic E-state index is 13.6. The minimum atomic E-state index is -4.35. The fraction of sp³-hybridized carbons (Fsp3) is 0.100. The molecule has 11 heteroatoms. The van der Waals surface area contributed by atoms with Crippen molar-refractivity contribution in [2.75, 3.05) is 0 Å². The molecule has 1 aromatic heterocycles. The summed E-state index contributed by atoms with van der Waals surface area (Å²) in [5.41, 5.74) is 0.0232. The first kappa shape index (κ1) is 15.7. The molecule has 112 valence electrons. The summed E-state index contributed by atoms with van der Waals surface area (Å²) in [6.07, 6.45) is 0.850. The normalized spacial score (nSPS) is 11.6. The third-order valence-corrected chi connectivity index (χ3v) is 4.19. The lowest BCUT2D eigenvalue weighted by Gasteiger charge is -2.03. The van der Waals surface area contributed by atoms with E-state index in [1.54, 1.807) is 0 Å². The van der Waals surface area contributed by atoms with Crippen LogP contribution in [-0.2, 0) is 15.6 Å². The van der Waals surface area contributed by atoms with E-state index < -0.39 is 30.5 Å².